The molecule has 2 aromatic rings. The van der Waals surface area contributed by atoms with E-state index in [0.29, 0.717) is 0 Å². The average molecular weight is 245 g/mol. The molecule has 0 amide bonds. The van der Waals surface area contributed by atoms with Gasteiger partial charge in [0.2, 0.25) is 5.95 Å². The minimum Gasteiger partial charge on any atom is -0.356 e. The maximum atomic E-state index is 4.69. The van der Waals surface area contributed by atoms with Crippen LogP contribution in [0.1, 0.15) is 39.5 Å². The maximum absolute atomic E-state index is 4.69. The first-order valence-electron chi connectivity index (χ1n) is 7.06. The molecule has 1 N–H and O–H groups in total. The second-order valence-electron chi connectivity index (χ2n) is 4.71. The summed E-state index contributed by atoms with van der Waals surface area (Å²) in [7, 11) is 0. The lowest BCUT2D eigenvalue weighted by atomic mass is 10.3. The largest absolute Gasteiger partial charge is 0.356 e. The van der Waals surface area contributed by atoms with Gasteiger partial charge in [0.1, 0.15) is 0 Å². The van der Waals surface area contributed by atoms with Crippen LogP contribution >= 0.6 is 0 Å². The summed E-state index contributed by atoms with van der Waals surface area (Å²) in [6, 6.07) is 8.38. The molecule has 0 radical (unpaired) electrons. The number of anilines is 1. The van der Waals surface area contributed by atoms with E-state index in [2.05, 4.69) is 53.0 Å². The number of fused-ring (bicyclic) bond motifs is 1. The van der Waals surface area contributed by atoms with E-state index in [4.69, 9.17) is 0 Å². The fraction of sp³-hybridized carbons (Fsp3) is 0.533. The van der Waals surface area contributed by atoms with Crippen LogP contribution in [0.15, 0.2) is 24.3 Å². The highest BCUT2D eigenvalue weighted by Gasteiger charge is 2.08. The van der Waals surface area contributed by atoms with Crippen LogP contribution in [0.25, 0.3) is 11.0 Å². The molecule has 0 atom stereocenters. The van der Waals surface area contributed by atoms with Crippen LogP contribution < -0.4 is 5.32 Å². The van der Waals surface area contributed by atoms with Crippen LogP contribution in [0.2, 0.25) is 0 Å². The lowest BCUT2D eigenvalue weighted by Gasteiger charge is -2.09. The second-order valence-corrected chi connectivity index (χ2v) is 4.71. The molecule has 0 bridgehead atoms. The molecule has 3 nitrogen and oxygen atoms in total. The molecular formula is C15H23N3. The minimum atomic E-state index is 1.01. The summed E-state index contributed by atoms with van der Waals surface area (Å²) < 4.78 is 2.31. The van der Waals surface area contributed by atoms with Crippen molar-refractivity contribution in [2.45, 2.75) is 46.1 Å². The van der Waals surface area contributed by atoms with Crippen molar-refractivity contribution in [3.05, 3.63) is 24.3 Å². The number of nitrogens with zero attached hydrogens (tertiary/aromatic N) is 2. The Balaban J connectivity index is 2.25. The molecule has 3 heteroatoms. The zero-order chi connectivity index (χ0) is 12.8. The molecule has 98 valence electrons. The second kappa shape index (κ2) is 6.43. The third-order valence-corrected chi connectivity index (χ3v) is 3.20. The quantitative estimate of drug-likeness (QED) is 0.746. The van der Waals surface area contributed by atoms with Gasteiger partial charge >= 0.3 is 0 Å². The van der Waals surface area contributed by atoms with Crippen LogP contribution in [0, 0.1) is 0 Å². The summed E-state index contributed by atoms with van der Waals surface area (Å²) in [6.07, 6.45) is 4.81. The standard InChI is InChI=1S/C15H23N3/c1-3-5-11-16-15-17-13-9-7-8-10-14(13)18(15)12-6-4-2/h7-10H,3-6,11-12H2,1-2H3,(H,16,17). The van der Waals surface area contributed by atoms with E-state index in [9.17, 15) is 0 Å². The van der Waals surface area contributed by atoms with Crippen molar-refractivity contribution in [1.29, 1.82) is 0 Å². The zero-order valence-electron chi connectivity index (χ0n) is 11.4. The average Bonchev–Trinajstić information content (AvgIpc) is 2.74. The number of aromatic nitrogens is 2. The predicted octanol–water partition coefficient (Wildman–Crippen LogP) is 4.05. The van der Waals surface area contributed by atoms with Crippen LogP contribution in [0.4, 0.5) is 5.95 Å². The molecular weight excluding hydrogens is 222 g/mol. The Labute approximate surface area is 109 Å². The van der Waals surface area contributed by atoms with Gasteiger partial charge in [-0.2, -0.15) is 0 Å². The summed E-state index contributed by atoms with van der Waals surface area (Å²) in [5.41, 5.74) is 2.33. The molecule has 0 fully saturated rings. The first-order chi connectivity index (χ1) is 8.86. The minimum absolute atomic E-state index is 1.01. The van der Waals surface area contributed by atoms with Crippen LogP contribution in [-0.2, 0) is 6.54 Å². The summed E-state index contributed by atoms with van der Waals surface area (Å²) in [5.74, 6) is 1.03. The van der Waals surface area contributed by atoms with Gasteiger partial charge in [-0.25, -0.2) is 4.98 Å². The highest BCUT2D eigenvalue weighted by Crippen LogP contribution is 2.20. The van der Waals surface area contributed by atoms with Gasteiger partial charge in [0, 0.05) is 13.1 Å². The molecule has 0 saturated heterocycles. The van der Waals surface area contributed by atoms with Gasteiger partial charge in [0.05, 0.1) is 11.0 Å². The number of unbranched alkanes of at least 4 members (excludes halogenated alkanes) is 2. The number of imidazole rings is 1. The summed E-state index contributed by atoms with van der Waals surface area (Å²) in [6.45, 7) is 6.49. The van der Waals surface area contributed by atoms with Crippen molar-refractivity contribution >= 4 is 17.0 Å². The molecule has 0 unspecified atom stereocenters. The number of hydrogen-bond donors (Lipinski definition) is 1. The first-order valence-corrected chi connectivity index (χ1v) is 7.06. The van der Waals surface area contributed by atoms with E-state index in [1.807, 2.05) is 0 Å². The van der Waals surface area contributed by atoms with E-state index in [-0.39, 0.29) is 0 Å². The molecule has 0 spiro atoms. The van der Waals surface area contributed by atoms with E-state index in [1.54, 1.807) is 0 Å². The number of hydrogen-bond acceptors (Lipinski definition) is 2. The SMILES string of the molecule is CCCCNc1nc2ccccc2n1CCCC. The van der Waals surface area contributed by atoms with Crippen molar-refractivity contribution in [2.24, 2.45) is 0 Å². The van der Waals surface area contributed by atoms with Gasteiger partial charge in [-0.15, -0.1) is 0 Å². The van der Waals surface area contributed by atoms with Gasteiger partial charge in [-0.1, -0.05) is 38.8 Å². The van der Waals surface area contributed by atoms with Gasteiger partial charge in [-0.3, -0.25) is 0 Å². The highest BCUT2D eigenvalue weighted by molar-refractivity contribution is 5.78. The van der Waals surface area contributed by atoms with Gasteiger partial charge in [0.15, 0.2) is 0 Å². The molecule has 1 heterocycles. The normalized spacial score (nSPS) is 11.0. The molecule has 2 rings (SSSR count). The Morgan fingerprint density at radius 2 is 1.89 bits per heavy atom. The summed E-state index contributed by atoms with van der Waals surface area (Å²) >= 11 is 0. The topological polar surface area (TPSA) is 29.9 Å². The Morgan fingerprint density at radius 3 is 2.67 bits per heavy atom. The fourth-order valence-electron chi connectivity index (χ4n) is 2.13. The van der Waals surface area contributed by atoms with E-state index >= 15 is 0 Å². The van der Waals surface area contributed by atoms with Crippen molar-refractivity contribution in [1.82, 2.24) is 9.55 Å². The van der Waals surface area contributed by atoms with Crippen LogP contribution in [-0.4, -0.2) is 16.1 Å². The number of benzene rings is 1. The third-order valence-electron chi connectivity index (χ3n) is 3.20. The van der Waals surface area contributed by atoms with Gasteiger partial charge < -0.3 is 9.88 Å². The smallest absolute Gasteiger partial charge is 0.203 e. The highest BCUT2D eigenvalue weighted by atomic mass is 15.2. The first kappa shape index (κ1) is 12.9. The molecule has 0 aliphatic rings. The fourth-order valence-corrected chi connectivity index (χ4v) is 2.13. The number of nitrogens with one attached hydrogen (secondary N) is 1. The molecule has 1 aromatic carbocycles. The summed E-state index contributed by atoms with van der Waals surface area (Å²) in [5, 5.41) is 3.46. The van der Waals surface area contributed by atoms with Crippen molar-refractivity contribution in [3.63, 3.8) is 0 Å². The molecule has 1 aromatic heterocycles. The molecule has 0 aliphatic heterocycles. The molecule has 0 aliphatic carbocycles. The van der Waals surface area contributed by atoms with Crippen molar-refractivity contribution in [2.75, 3.05) is 11.9 Å². The third kappa shape index (κ3) is 2.84. The van der Waals surface area contributed by atoms with Gasteiger partial charge in [0.25, 0.3) is 0 Å². The molecule has 18 heavy (non-hydrogen) atoms. The summed E-state index contributed by atoms with van der Waals surface area (Å²) in [4.78, 5) is 4.69. The van der Waals surface area contributed by atoms with Gasteiger partial charge in [-0.05, 0) is 25.0 Å². The number of rotatable bonds is 7. The lowest BCUT2D eigenvalue weighted by molar-refractivity contribution is 0.647. The van der Waals surface area contributed by atoms with E-state index in [1.165, 1.54) is 31.2 Å². The van der Waals surface area contributed by atoms with E-state index < -0.39 is 0 Å². The zero-order valence-corrected chi connectivity index (χ0v) is 11.4. The Bertz CT molecular complexity index is 487. The Kier molecular flexibility index (Phi) is 4.62. The van der Waals surface area contributed by atoms with E-state index in [0.717, 1.165) is 24.6 Å². The van der Waals surface area contributed by atoms with Crippen molar-refractivity contribution < 1.29 is 0 Å². The number of aryl methyl sites for hydroxylation is 1. The molecule has 0 saturated carbocycles. The van der Waals surface area contributed by atoms with Crippen LogP contribution in [0.3, 0.4) is 0 Å². The predicted molar refractivity (Wildman–Crippen MR) is 78.0 cm³/mol. The lowest BCUT2D eigenvalue weighted by Crippen LogP contribution is -2.09. The maximum Gasteiger partial charge on any atom is 0.203 e. The number of para-hydroxylation sites is 2. The van der Waals surface area contributed by atoms with Crippen LogP contribution in [0.5, 0.6) is 0 Å². The Morgan fingerprint density at radius 1 is 1.11 bits per heavy atom. The van der Waals surface area contributed by atoms with Crippen molar-refractivity contribution in [3.8, 4) is 0 Å². The Hall–Kier alpha value is -1.51. The monoisotopic (exact) mass is 245 g/mol.